The van der Waals surface area contributed by atoms with Crippen LogP contribution in [0.3, 0.4) is 0 Å². The number of fused-ring (bicyclic) bond motifs is 1. The van der Waals surface area contributed by atoms with Crippen molar-refractivity contribution in [3.05, 3.63) is 53.6 Å². The minimum absolute atomic E-state index is 0.00575. The SMILES string of the molecule is CN(CCCOc1cccc(S(C)(=O)=O)c1)C(=O)C1CC(=O)N(c2ccc3c(c2)CCC3)C1. The van der Waals surface area contributed by atoms with E-state index in [0.717, 1.165) is 31.2 Å². The maximum atomic E-state index is 12.9. The summed E-state index contributed by atoms with van der Waals surface area (Å²) in [6, 6.07) is 12.6. The highest BCUT2D eigenvalue weighted by molar-refractivity contribution is 7.90. The van der Waals surface area contributed by atoms with Gasteiger partial charge in [-0.15, -0.1) is 0 Å². The fourth-order valence-electron chi connectivity index (χ4n) is 4.56. The molecule has 1 fully saturated rings. The molecular weight excluding hydrogens is 440 g/mol. The molecule has 1 aliphatic carbocycles. The average Bonchev–Trinajstić information content (AvgIpc) is 3.41. The number of carbonyl (C=O) groups is 2. The number of ether oxygens (including phenoxy) is 1. The van der Waals surface area contributed by atoms with E-state index in [1.165, 1.54) is 23.3 Å². The summed E-state index contributed by atoms with van der Waals surface area (Å²) in [5.41, 5.74) is 3.57. The summed E-state index contributed by atoms with van der Waals surface area (Å²) in [6.45, 7) is 1.26. The Bertz CT molecular complexity index is 1160. The van der Waals surface area contributed by atoms with Gasteiger partial charge in [-0.2, -0.15) is 0 Å². The predicted octanol–water partition coefficient (Wildman–Crippen LogP) is 2.86. The van der Waals surface area contributed by atoms with Crippen LogP contribution in [-0.4, -0.2) is 58.1 Å². The first-order valence-corrected chi connectivity index (χ1v) is 13.2. The Morgan fingerprint density at radius 2 is 1.94 bits per heavy atom. The van der Waals surface area contributed by atoms with Crippen molar-refractivity contribution in [2.45, 2.75) is 37.0 Å². The summed E-state index contributed by atoms with van der Waals surface area (Å²) >= 11 is 0. The van der Waals surface area contributed by atoms with Gasteiger partial charge in [-0.1, -0.05) is 12.1 Å². The van der Waals surface area contributed by atoms with Crippen molar-refractivity contribution in [2.24, 2.45) is 5.92 Å². The molecule has 176 valence electrons. The Morgan fingerprint density at radius 1 is 1.15 bits per heavy atom. The first-order chi connectivity index (χ1) is 15.7. The van der Waals surface area contributed by atoms with E-state index in [9.17, 15) is 18.0 Å². The molecule has 33 heavy (non-hydrogen) atoms. The lowest BCUT2D eigenvalue weighted by Crippen LogP contribution is -2.35. The Kier molecular flexibility index (Phi) is 6.74. The Hall–Kier alpha value is -2.87. The van der Waals surface area contributed by atoms with Crippen LogP contribution < -0.4 is 9.64 Å². The second-order valence-corrected chi connectivity index (χ2v) is 10.9. The normalized spacial score (nSPS) is 17.8. The first-order valence-electron chi connectivity index (χ1n) is 11.3. The molecule has 8 heteroatoms. The number of sulfone groups is 1. The Labute approximate surface area is 195 Å². The number of rotatable bonds is 8. The molecule has 0 N–H and O–H groups in total. The van der Waals surface area contributed by atoms with Crippen LogP contribution in [0, 0.1) is 5.92 Å². The van der Waals surface area contributed by atoms with Crippen LogP contribution in [0.25, 0.3) is 0 Å². The van der Waals surface area contributed by atoms with Gasteiger partial charge in [0, 0.05) is 38.5 Å². The van der Waals surface area contributed by atoms with Crippen molar-refractivity contribution in [2.75, 3.05) is 37.9 Å². The lowest BCUT2D eigenvalue weighted by atomic mass is 10.1. The highest BCUT2D eigenvalue weighted by Crippen LogP contribution is 2.31. The fraction of sp³-hybridized carbons (Fsp3) is 0.440. The molecule has 2 aliphatic rings. The van der Waals surface area contributed by atoms with Crippen LogP contribution in [0.2, 0.25) is 0 Å². The number of hydrogen-bond acceptors (Lipinski definition) is 5. The molecule has 2 aromatic rings. The van der Waals surface area contributed by atoms with E-state index >= 15 is 0 Å². The lowest BCUT2D eigenvalue weighted by Gasteiger charge is -2.22. The second kappa shape index (κ2) is 9.55. The molecule has 0 saturated carbocycles. The van der Waals surface area contributed by atoms with E-state index in [1.54, 1.807) is 29.0 Å². The molecule has 0 aromatic heterocycles. The van der Waals surface area contributed by atoms with Crippen molar-refractivity contribution < 1.29 is 22.7 Å². The molecule has 0 bridgehead atoms. The number of hydrogen-bond donors (Lipinski definition) is 0. The van der Waals surface area contributed by atoms with Crippen LogP contribution in [0.5, 0.6) is 5.75 Å². The average molecular weight is 471 g/mol. The van der Waals surface area contributed by atoms with Gasteiger partial charge in [0.25, 0.3) is 0 Å². The Balaban J connectivity index is 1.27. The molecule has 1 atom stereocenters. The topological polar surface area (TPSA) is 84.0 Å². The smallest absolute Gasteiger partial charge is 0.227 e. The summed E-state index contributed by atoms with van der Waals surface area (Å²) in [5, 5.41) is 0. The van der Waals surface area contributed by atoms with Gasteiger partial charge >= 0.3 is 0 Å². The van der Waals surface area contributed by atoms with Crippen LogP contribution >= 0.6 is 0 Å². The summed E-state index contributed by atoms with van der Waals surface area (Å²) < 4.78 is 29.0. The van der Waals surface area contributed by atoms with Gasteiger partial charge in [-0.3, -0.25) is 9.59 Å². The third-order valence-corrected chi connectivity index (χ3v) is 7.49. The van der Waals surface area contributed by atoms with Gasteiger partial charge in [0.1, 0.15) is 5.75 Å². The summed E-state index contributed by atoms with van der Waals surface area (Å²) in [6.07, 6.45) is 5.30. The quantitative estimate of drug-likeness (QED) is 0.554. The molecule has 1 heterocycles. The first kappa shape index (κ1) is 23.3. The maximum Gasteiger partial charge on any atom is 0.227 e. The second-order valence-electron chi connectivity index (χ2n) is 8.92. The third-order valence-electron chi connectivity index (χ3n) is 6.38. The van der Waals surface area contributed by atoms with E-state index in [-0.39, 0.29) is 29.0 Å². The summed E-state index contributed by atoms with van der Waals surface area (Å²) in [4.78, 5) is 29.1. The minimum Gasteiger partial charge on any atom is -0.493 e. The highest BCUT2D eigenvalue weighted by Gasteiger charge is 2.36. The maximum absolute atomic E-state index is 12.9. The Morgan fingerprint density at radius 3 is 2.73 bits per heavy atom. The molecule has 7 nitrogen and oxygen atoms in total. The number of anilines is 1. The summed E-state index contributed by atoms with van der Waals surface area (Å²) in [5.74, 6) is 0.0984. The highest BCUT2D eigenvalue weighted by atomic mass is 32.2. The van der Waals surface area contributed by atoms with Gasteiger partial charge in [-0.05, 0) is 67.1 Å². The van der Waals surface area contributed by atoms with Gasteiger partial charge in [0.05, 0.1) is 17.4 Å². The zero-order valence-electron chi connectivity index (χ0n) is 19.1. The predicted molar refractivity (Wildman–Crippen MR) is 126 cm³/mol. The molecule has 1 aliphatic heterocycles. The van der Waals surface area contributed by atoms with Crippen LogP contribution in [0.15, 0.2) is 47.4 Å². The van der Waals surface area contributed by atoms with E-state index < -0.39 is 9.84 Å². The minimum atomic E-state index is -3.29. The number of nitrogens with zero attached hydrogens (tertiary/aromatic N) is 2. The van der Waals surface area contributed by atoms with Crippen molar-refractivity contribution in [1.29, 1.82) is 0 Å². The molecule has 4 rings (SSSR count). The van der Waals surface area contributed by atoms with Gasteiger partial charge < -0.3 is 14.5 Å². The monoisotopic (exact) mass is 470 g/mol. The van der Waals surface area contributed by atoms with Crippen molar-refractivity contribution >= 4 is 27.3 Å². The standard InChI is InChI=1S/C25H30N2O5S/c1-26(12-5-13-32-22-8-4-9-23(16-22)33(2,30)31)25(29)20-15-24(28)27(17-20)21-11-10-18-6-3-7-19(18)14-21/h4,8-11,14,16,20H,3,5-7,12-13,15,17H2,1-2H3. The number of aryl methyl sites for hydroxylation is 2. The van der Waals surface area contributed by atoms with Crippen LogP contribution in [-0.2, 0) is 32.3 Å². The van der Waals surface area contributed by atoms with Gasteiger partial charge in [0.2, 0.25) is 11.8 Å². The molecule has 2 amide bonds. The van der Waals surface area contributed by atoms with Crippen LogP contribution in [0.1, 0.15) is 30.4 Å². The third kappa shape index (κ3) is 5.38. The van der Waals surface area contributed by atoms with Crippen LogP contribution in [0.4, 0.5) is 5.69 Å². The van der Waals surface area contributed by atoms with E-state index in [0.29, 0.717) is 31.9 Å². The molecule has 0 spiro atoms. The molecule has 1 unspecified atom stereocenters. The molecule has 0 radical (unpaired) electrons. The van der Waals surface area contributed by atoms with Crippen molar-refractivity contribution in [3.63, 3.8) is 0 Å². The fourth-order valence-corrected chi connectivity index (χ4v) is 5.21. The number of benzene rings is 2. The van der Waals surface area contributed by atoms with Crippen molar-refractivity contribution in [1.82, 2.24) is 4.90 Å². The summed E-state index contributed by atoms with van der Waals surface area (Å²) in [7, 11) is -1.54. The largest absolute Gasteiger partial charge is 0.493 e. The zero-order chi connectivity index (χ0) is 23.6. The molecular formula is C25H30N2O5S. The van der Waals surface area contributed by atoms with Gasteiger partial charge in [0.15, 0.2) is 9.84 Å². The lowest BCUT2D eigenvalue weighted by molar-refractivity contribution is -0.134. The number of carbonyl (C=O) groups excluding carboxylic acids is 2. The van der Waals surface area contributed by atoms with E-state index in [1.807, 2.05) is 6.07 Å². The van der Waals surface area contributed by atoms with E-state index in [2.05, 4.69) is 12.1 Å². The molecule has 2 aromatic carbocycles. The molecule has 1 saturated heterocycles. The van der Waals surface area contributed by atoms with E-state index in [4.69, 9.17) is 4.74 Å². The zero-order valence-corrected chi connectivity index (χ0v) is 19.9. The number of amides is 2. The van der Waals surface area contributed by atoms with Crippen molar-refractivity contribution in [3.8, 4) is 5.75 Å². The van der Waals surface area contributed by atoms with Gasteiger partial charge in [-0.25, -0.2) is 8.42 Å².